The van der Waals surface area contributed by atoms with Crippen molar-refractivity contribution in [3.8, 4) is 11.4 Å². The molecule has 1 heterocycles. The van der Waals surface area contributed by atoms with Crippen LogP contribution in [0.25, 0.3) is 11.4 Å². The molecule has 1 atom stereocenters. The van der Waals surface area contributed by atoms with Crippen LogP contribution in [-0.2, 0) is 7.05 Å². The molecule has 1 aromatic heterocycles. The summed E-state index contributed by atoms with van der Waals surface area (Å²) < 4.78 is 1.69. The summed E-state index contributed by atoms with van der Waals surface area (Å²) >= 11 is 0. The minimum Gasteiger partial charge on any atom is -0.382 e. The van der Waals surface area contributed by atoms with Gasteiger partial charge in [-0.25, -0.2) is 4.68 Å². The van der Waals surface area contributed by atoms with Gasteiger partial charge in [-0.15, -0.1) is 5.10 Å². The molecule has 1 unspecified atom stereocenters. The van der Waals surface area contributed by atoms with Gasteiger partial charge in [0, 0.05) is 24.3 Å². The van der Waals surface area contributed by atoms with Crippen LogP contribution in [0.2, 0.25) is 0 Å². The summed E-state index contributed by atoms with van der Waals surface area (Å²) in [5, 5.41) is 15.2. The van der Waals surface area contributed by atoms with Crippen LogP contribution < -0.4 is 5.32 Å². The van der Waals surface area contributed by atoms with Crippen LogP contribution in [0, 0.1) is 5.41 Å². The van der Waals surface area contributed by atoms with Crippen LogP contribution in [0.5, 0.6) is 0 Å². The second-order valence-electron chi connectivity index (χ2n) is 5.73. The van der Waals surface area contributed by atoms with E-state index in [0.29, 0.717) is 11.5 Å². The van der Waals surface area contributed by atoms with Crippen molar-refractivity contribution in [2.24, 2.45) is 12.5 Å². The number of aryl methyl sites for hydroxylation is 1. The van der Waals surface area contributed by atoms with E-state index in [-0.39, 0.29) is 0 Å². The standard InChI is InChI=1S/C14H19N5/c1-10(14(2)7-8-14)15-12-6-4-5-11(9-12)13-16-17-18-19(13)3/h4-6,9-10,15H,7-8H2,1-3H3. The predicted molar refractivity (Wildman–Crippen MR) is 74.7 cm³/mol. The smallest absolute Gasteiger partial charge is 0.181 e. The van der Waals surface area contributed by atoms with Crippen molar-refractivity contribution in [3.05, 3.63) is 24.3 Å². The molecular weight excluding hydrogens is 238 g/mol. The summed E-state index contributed by atoms with van der Waals surface area (Å²) in [6.07, 6.45) is 2.63. The van der Waals surface area contributed by atoms with E-state index in [1.165, 1.54) is 12.8 Å². The minimum absolute atomic E-state index is 0.461. The second kappa shape index (κ2) is 4.33. The second-order valence-corrected chi connectivity index (χ2v) is 5.73. The average Bonchev–Trinajstić information content (AvgIpc) is 3.00. The third kappa shape index (κ3) is 2.32. The Bertz CT molecular complexity index is 585. The Morgan fingerprint density at radius 1 is 1.37 bits per heavy atom. The van der Waals surface area contributed by atoms with E-state index in [0.717, 1.165) is 17.1 Å². The van der Waals surface area contributed by atoms with Gasteiger partial charge in [0.25, 0.3) is 0 Å². The maximum absolute atomic E-state index is 4.04. The molecule has 0 bridgehead atoms. The molecule has 0 saturated heterocycles. The van der Waals surface area contributed by atoms with Crippen molar-refractivity contribution < 1.29 is 0 Å². The molecule has 1 aromatic carbocycles. The molecule has 0 amide bonds. The summed E-state index contributed by atoms with van der Waals surface area (Å²) in [6, 6.07) is 8.75. The molecule has 2 aromatic rings. The number of hydrogen-bond acceptors (Lipinski definition) is 4. The predicted octanol–water partition coefficient (Wildman–Crippen LogP) is 2.48. The van der Waals surface area contributed by atoms with Crippen LogP contribution in [0.1, 0.15) is 26.7 Å². The van der Waals surface area contributed by atoms with Gasteiger partial charge >= 0.3 is 0 Å². The molecule has 1 saturated carbocycles. The molecule has 1 N–H and O–H groups in total. The van der Waals surface area contributed by atoms with Gasteiger partial charge in [-0.1, -0.05) is 19.1 Å². The normalized spacial score (nSPS) is 18.1. The average molecular weight is 257 g/mol. The summed E-state index contributed by atoms with van der Waals surface area (Å²) in [5.74, 6) is 0.786. The highest BCUT2D eigenvalue weighted by Gasteiger charge is 2.42. The Kier molecular flexibility index (Phi) is 2.77. The molecule has 0 spiro atoms. The topological polar surface area (TPSA) is 55.6 Å². The lowest BCUT2D eigenvalue weighted by molar-refractivity contribution is 0.493. The first-order valence-electron chi connectivity index (χ1n) is 6.68. The Balaban J connectivity index is 1.82. The lowest BCUT2D eigenvalue weighted by atomic mass is 10.0. The molecule has 5 heteroatoms. The zero-order valence-corrected chi connectivity index (χ0v) is 11.6. The number of aromatic nitrogens is 4. The zero-order chi connectivity index (χ0) is 13.5. The van der Waals surface area contributed by atoms with Gasteiger partial charge in [-0.2, -0.15) is 0 Å². The first-order chi connectivity index (χ1) is 9.08. The van der Waals surface area contributed by atoms with Crippen molar-refractivity contribution in [1.82, 2.24) is 20.2 Å². The fourth-order valence-electron chi connectivity index (χ4n) is 2.28. The van der Waals surface area contributed by atoms with E-state index in [2.05, 4.69) is 46.8 Å². The molecular formula is C14H19N5. The number of benzene rings is 1. The largest absolute Gasteiger partial charge is 0.382 e. The number of anilines is 1. The van der Waals surface area contributed by atoms with Crippen molar-refractivity contribution >= 4 is 5.69 Å². The van der Waals surface area contributed by atoms with E-state index in [4.69, 9.17) is 0 Å². The summed E-state index contributed by atoms with van der Waals surface area (Å²) in [5.41, 5.74) is 2.62. The van der Waals surface area contributed by atoms with Crippen molar-refractivity contribution in [1.29, 1.82) is 0 Å². The molecule has 1 aliphatic carbocycles. The maximum Gasteiger partial charge on any atom is 0.181 e. The van der Waals surface area contributed by atoms with Gasteiger partial charge in [0.1, 0.15) is 0 Å². The van der Waals surface area contributed by atoms with Crippen LogP contribution in [0.15, 0.2) is 24.3 Å². The number of hydrogen-bond donors (Lipinski definition) is 1. The number of tetrazole rings is 1. The van der Waals surface area contributed by atoms with Crippen molar-refractivity contribution in [3.63, 3.8) is 0 Å². The van der Waals surface area contributed by atoms with Gasteiger partial charge in [0.15, 0.2) is 5.82 Å². The van der Waals surface area contributed by atoms with Crippen LogP contribution in [-0.4, -0.2) is 26.2 Å². The Morgan fingerprint density at radius 3 is 2.79 bits per heavy atom. The van der Waals surface area contributed by atoms with Crippen molar-refractivity contribution in [2.45, 2.75) is 32.7 Å². The van der Waals surface area contributed by atoms with Crippen LogP contribution >= 0.6 is 0 Å². The van der Waals surface area contributed by atoms with Crippen LogP contribution in [0.3, 0.4) is 0 Å². The van der Waals surface area contributed by atoms with Gasteiger partial charge in [0.2, 0.25) is 0 Å². The first kappa shape index (κ1) is 12.1. The van der Waals surface area contributed by atoms with Gasteiger partial charge in [0.05, 0.1) is 0 Å². The highest BCUT2D eigenvalue weighted by molar-refractivity contribution is 5.62. The number of nitrogens with zero attached hydrogens (tertiary/aromatic N) is 4. The quantitative estimate of drug-likeness (QED) is 0.914. The molecule has 5 nitrogen and oxygen atoms in total. The monoisotopic (exact) mass is 257 g/mol. The van der Waals surface area contributed by atoms with Gasteiger partial charge < -0.3 is 5.32 Å². The van der Waals surface area contributed by atoms with E-state index < -0.39 is 0 Å². The first-order valence-corrected chi connectivity index (χ1v) is 6.68. The summed E-state index contributed by atoms with van der Waals surface area (Å²) in [7, 11) is 1.85. The Labute approximate surface area is 113 Å². The maximum atomic E-state index is 4.04. The molecule has 19 heavy (non-hydrogen) atoms. The molecule has 0 aliphatic heterocycles. The van der Waals surface area contributed by atoms with Crippen molar-refractivity contribution in [2.75, 3.05) is 5.32 Å². The summed E-state index contributed by atoms with van der Waals surface area (Å²) in [4.78, 5) is 0. The lowest BCUT2D eigenvalue weighted by Gasteiger charge is -2.21. The highest BCUT2D eigenvalue weighted by atomic mass is 15.5. The minimum atomic E-state index is 0.461. The molecule has 1 aliphatic rings. The van der Waals surface area contributed by atoms with Gasteiger partial charge in [-0.05, 0) is 47.7 Å². The molecule has 0 radical (unpaired) electrons. The van der Waals surface area contributed by atoms with E-state index >= 15 is 0 Å². The highest BCUT2D eigenvalue weighted by Crippen LogP contribution is 2.48. The SMILES string of the molecule is CC(Nc1cccc(-c2nnnn2C)c1)C1(C)CC1. The number of nitrogens with one attached hydrogen (secondary N) is 1. The van der Waals surface area contributed by atoms with E-state index in [1.54, 1.807) is 4.68 Å². The molecule has 3 rings (SSSR count). The third-order valence-electron chi connectivity index (χ3n) is 4.21. The molecule has 1 fully saturated rings. The molecule has 100 valence electrons. The van der Waals surface area contributed by atoms with E-state index in [9.17, 15) is 0 Å². The summed E-state index contributed by atoms with van der Waals surface area (Å²) in [6.45, 7) is 4.59. The lowest BCUT2D eigenvalue weighted by Crippen LogP contribution is -2.24. The Morgan fingerprint density at radius 2 is 2.16 bits per heavy atom. The van der Waals surface area contributed by atoms with Crippen LogP contribution in [0.4, 0.5) is 5.69 Å². The zero-order valence-electron chi connectivity index (χ0n) is 11.6. The fraction of sp³-hybridized carbons (Fsp3) is 0.500. The van der Waals surface area contributed by atoms with Gasteiger partial charge in [-0.3, -0.25) is 0 Å². The number of rotatable bonds is 4. The fourth-order valence-corrected chi connectivity index (χ4v) is 2.28. The Hall–Kier alpha value is -1.91. The van der Waals surface area contributed by atoms with E-state index in [1.807, 2.05) is 19.2 Å². The third-order valence-corrected chi connectivity index (χ3v) is 4.21.